The number of aldehydes is 1. The molecule has 0 fully saturated rings. The van der Waals surface area contributed by atoms with E-state index in [2.05, 4.69) is 4.74 Å². The highest BCUT2D eigenvalue weighted by atomic mass is 16.5. The maximum absolute atomic E-state index is 11.4. The number of esters is 1. The highest BCUT2D eigenvalue weighted by Crippen LogP contribution is 2.36. The minimum absolute atomic E-state index is 0.0179. The van der Waals surface area contributed by atoms with E-state index in [1.807, 2.05) is 0 Å². The third kappa shape index (κ3) is 1.60. The lowest BCUT2D eigenvalue weighted by Gasteiger charge is -2.13. The van der Waals surface area contributed by atoms with Crippen molar-refractivity contribution in [1.29, 1.82) is 0 Å². The molecule has 0 spiro atoms. The second-order valence-corrected chi connectivity index (χ2v) is 3.35. The highest BCUT2D eigenvalue weighted by molar-refractivity contribution is 5.99. The van der Waals surface area contributed by atoms with Gasteiger partial charge >= 0.3 is 5.97 Å². The van der Waals surface area contributed by atoms with Gasteiger partial charge in [-0.3, -0.25) is 4.79 Å². The summed E-state index contributed by atoms with van der Waals surface area (Å²) in [6, 6.07) is 0. The van der Waals surface area contributed by atoms with Crippen molar-refractivity contribution in [1.82, 2.24) is 0 Å². The fourth-order valence-corrected chi connectivity index (χ4v) is 1.49. The minimum Gasteiger partial charge on any atom is -0.507 e. The van der Waals surface area contributed by atoms with E-state index in [0.717, 1.165) is 0 Å². The van der Waals surface area contributed by atoms with Crippen LogP contribution in [0.25, 0.3) is 0 Å². The molecule has 0 saturated heterocycles. The number of hydrogen-bond acceptors (Lipinski definition) is 5. The third-order valence-electron chi connectivity index (χ3n) is 2.49. The van der Waals surface area contributed by atoms with Crippen molar-refractivity contribution in [3.05, 3.63) is 22.3 Å². The Morgan fingerprint density at radius 3 is 2.19 bits per heavy atom. The number of ether oxygens (including phenoxy) is 1. The molecule has 0 bridgehead atoms. The summed E-state index contributed by atoms with van der Waals surface area (Å²) in [6.07, 6.45) is 0.434. The average molecular weight is 224 g/mol. The van der Waals surface area contributed by atoms with Gasteiger partial charge in [0.2, 0.25) is 0 Å². The zero-order chi connectivity index (χ0) is 12.5. The quantitative estimate of drug-likeness (QED) is 0.584. The predicted octanol–water partition coefficient (Wildman–Crippen LogP) is 1.31. The van der Waals surface area contributed by atoms with Crippen LogP contribution in [0.15, 0.2) is 0 Å². The first-order chi connectivity index (χ1) is 7.45. The first-order valence-corrected chi connectivity index (χ1v) is 4.54. The van der Waals surface area contributed by atoms with E-state index in [1.165, 1.54) is 21.0 Å². The molecule has 16 heavy (non-hydrogen) atoms. The molecule has 0 atom stereocenters. The maximum Gasteiger partial charge on any atom is 0.341 e. The Labute approximate surface area is 92.3 Å². The van der Waals surface area contributed by atoms with Gasteiger partial charge in [0.1, 0.15) is 17.1 Å². The number of methoxy groups -OCH3 is 1. The summed E-state index contributed by atoms with van der Waals surface area (Å²) < 4.78 is 4.50. The van der Waals surface area contributed by atoms with Crippen molar-refractivity contribution in [3.63, 3.8) is 0 Å². The molecule has 5 heteroatoms. The summed E-state index contributed by atoms with van der Waals surface area (Å²) in [5, 5.41) is 19.3. The first kappa shape index (κ1) is 12.0. The molecule has 2 N–H and O–H groups in total. The highest BCUT2D eigenvalue weighted by Gasteiger charge is 2.23. The number of rotatable bonds is 2. The molecule has 5 nitrogen and oxygen atoms in total. The Hall–Kier alpha value is -2.04. The van der Waals surface area contributed by atoms with Gasteiger partial charge in [0.25, 0.3) is 0 Å². The number of phenols is 2. The van der Waals surface area contributed by atoms with Gasteiger partial charge in [0, 0.05) is 5.56 Å². The van der Waals surface area contributed by atoms with Crippen LogP contribution in [0.1, 0.15) is 31.8 Å². The SMILES string of the molecule is COC(=O)c1c(C)c(C=O)c(O)c(C)c1O. The minimum atomic E-state index is -0.749. The summed E-state index contributed by atoms with van der Waals surface area (Å²) in [6.45, 7) is 2.86. The van der Waals surface area contributed by atoms with Crippen LogP contribution in [0.4, 0.5) is 0 Å². The van der Waals surface area contributed by atoms with Crippen LogP contribution in [0.3, 0.4) is 0 Å². The second kappa shape index (κ2) is 4.22. The van der Waals surface area contributed by atoms with E-state index >= 15 is 0 Å². The standard InChI is InChI=1S/C11H12O5/c1-5-7(4-12)9(13)6(2)10(14)8(5)11(15)16-3/h4,13-14H,1-3H3. The molecule has 0 aromatic heterocycles. The Bertz CT molecular complexity index is 462. The zero-order valence-corrected chi connectivity index (χ0v) is 9.20. The van der Waals surface area contributed by atoms with Gasteiger partial charge in [-0.2, -0.15) is 0 Å². The Balaban J connectivity index is 3.68. The normalized spacial score (nSPS) is 9.94. The van der Waals surface area contributed by atoms with Crippen LogP contribution in [-0.2, 0) is 4.74 Å². The molecule has 1 aromatic carbocycles. The van der Waals surface area contributed by atoms with Crippen molar-refractivity contribution in [2.75, 3.05) is 7.11 Å². The molecule has 0 aliphatic rings. The number of aromatic hydroxyl groups is 2. The van der Waals surface area contributed by atoms with Crippen LogP contribution < -0.4 is 0 Å². The van der Waals surface area contributed by atoms with Gasteiger partial charge in [-0.1, -0.05) is 0 Å². The van der Waals surface area contributed by atoms with Crippen LogP contribution >= 0.6 is 0 Å². The molecule has 0 unspecified atom stereocenters. The summed E-state index contributed by atoms with van der Waals surface area (Å²) in [4.78, 5) is 22.2. The smallest absolute Gasteiger partial charge is 0.341 e. The third-order valence-corrected chi connectivity index (χ3v) is 2.49. The molecule has 0 saturated carbocycles. The topological polar surface area (TPSA) is 83.8 Å². The Kier molecular flexibility index (Phi) is 3.17. The fraction of sp³-hybridized carbons (Fsp3) is 0.273. The van der Waals surface area contributed by atoms with Gasteiger partial charge in [-0.25, -0.2) is 4.79 Å². The predicted molar refractivity (Wildman–Crippen MR) is 56.0 cm³/mol. The van der Waals surface area contributed by atoms with Crippen LogP contribution in [0.2, 0.25) is 0 Å². The zero-order valence-electron chi connectivity index (χ0n) is 9.20. The van der Waals surface area contributed by atoms with Gasteiger partial charge in [-0.15, -0.1) is 0 Å². The molecule has 1 rings (SSSR count). The molecule has 0 aliphatic carbocycles. The van der Waals surface area contributed by atoms with Crippen molar-refractivity contribution >= 4 is 12.3 Å². The van der Waals surface area contributed by atoms with E-state index < -0.39 is 5.97 Å². The first-order valence-electron chi connectivity index (χ1n) is 4.54. The molecule has 0 aliphatic heterocycles. The number of benzene rings is 1. The second-order valence-electron chi connectivity index (χ2n) is 3.35. The molecule has 86 valence electrons. The molecule has 0 heterocycles. The fourth-order valence-electron chi connectivity index (χ4n) is 1.49. The van der Waals surface area contributed by atoms with E-state index in [4.69, 9.17) is 0 Å². The molecule has 0 amide bonds. The lowest BCUT2D eigenvalue weighted by molar-refractivity contribution is 0.0596. The summed E-state index contributed by atoms with van der Waals surface area (Å²) in [5.74, 6) is -1.44. The van der Waals surface area contributed by atoms with Crippen molar-refractivity contribution in [2.24, 2.45) is 0 Å². The van der Waals surface area contributed by atoms with Gasteiger partial charge in [0.15, 0.2) is 6.29 Å². The van der Waals surface area contributed by atoms with Crippen LogP contribution in [-0.4, -0.2) is 29.6 Å². The molecular weight excluding hydrogens is 212 g/mol. The Morgan fingerprint density at radius 1 is 1.19 bits per heavy atom. The number of carbonyl (C=O) groups is 2. The monoisotopic (exact) mass is 224 g/mol. The van der Waals surface area contributed by atoms with Gasteiger partial charge in [0.05, 0.1) is 12.7 Å². The van der Waals surface area contributed by atoms with E-state index in [0.29, 0.717) is 6.29 Å². The summed E-state index contributed by atoms with van der Waals surface area (Å²) in [7, 11) is 1.17. The maximum atomic E-state index is 11.4. The average Bonchev–Trinajstić information content (AvgIpc) is 2.27. The number of phenolic OH excluding ortho intramolecular Hbond substituents is 2. The van der Waals surface area contributed by atoms with E-state index in [-0.39, 0.29) is 33.8 Å². The number of hydrogen-bond donors (Lipinski definition) is 2. The number of carbonyl (C=O) groups excluding carboxylic acids is 2. The van der Waals surface area contributed by atoms with E-state index in [1.54, 1.807) is 0 Å². The summed E-state index contributed by atoms with van der Waals surface area (Å²) >= 11 is 0. The van der Waals surface area contributed by atoms with Crippen molar-refractivity contribution < 1.29 is 24.5 Å². The van der Waals surface area contributed by atoms with Gasteiger partial charge < -0.3 is 14.9 Å². The van der Waals surface area contributed by atoms with Crippen LogP contribution in [0, 0.1) is 13.8 Å². The van der Waals surface area contributed by atoms with Gasteiger partial charge in [-0.05, 0) is 19.4 Å². The van der Waals surface area contributed by atoms with E-state index in [9.17, 15) is 19.8 Å². The largest absolute Gasteiger partial charge is 0.507 e. The Morgan fingerprint density at radius 2 is 1.75 bits per heavy atom. The van der Waals surface area contributed by atoms with Crippen molar-refractivity contribution in [3.8, 4) is 11.5 Å². The van der Waals surface area contributed by atoms with Crippen molar-refractivity contribution in [2.45, 2.75) is 13.8 Å². The van der Waals surface area contributed by atoms with Crippen LogP contribution in [0.5, 0.6) is 11.5 Å². The lowest BCUT2D eigenvalue weighted by atomic mass is 9.97. The molecule has 1 aromatic rings. The lowest BCUT2D eigenvalue weighted by Crippen LogP contribution is -2.08. The molecular formula is C11H12O5. The molecule has 0 radical (unpaired) electrons. The summed E-state index contributed by atoms with van der Waals surface area (Å²) in [5.41, 5.74) is 0.158.